The number of aromatic hydroxyl groups is 1. The Bertz CT molecular complexity index is 523. The van der Waals surface area contributed by atoms with Gasteiger partial charge < -0.3 is 5.11 Å². The standard InChI is InChI=1S/C8H4BrNO3S/c9-6-4-2-1-3-5(10(12)13)7(4)14-8(6)11/h1-3,11H. The van der Waals surface area contributed by atoms with E-state index in [1.165, 1.54) is 6.07 Å². The molecule has 0 spiro atoms. The van der Waals surface area contributed by atoms with Gasteiger partial charge in [0.15, 0.2) is 5.06 Å². The molecule has 2 rings (SSSR count). The Morgan fingerprint density at radius 3 is 2.86 bits per heavy atom. The van der Waals surface area contributed by atoms with Crippen LogP contribution in [0.5, 0.6) is 5.06 Å². The van der Waals surface area contributed by atoms with Gasteiger partial charge in [-0.15, -0.1) is 0 Å². The molecule has 0 saturated carbocycles. The van der Waals surface area contributed by atoms with Crippen LogP contribution in [0.1, 0.15) is 0 Å². The number of benzene rings is 1. The van der Waals surface area contributed by atoms with Crippen molar-refractivity contribution in [1.82, 2.24) is 0 Å². The molecule has 1 aromatic carbocycles. The van der Waals surface area contributed by atoms with Crippen molar-refractivity contribution >= 4 is 43.0 Å². The highest BCUT2D eigenvalue weighted by molar-refractivity contribution is 9.10. The fourth-order valence-electron chi connectivity index (χ4n) is 1.21. The van der Waals surface area contributed by atoms with Crippen molar-refractivity contribution in [1.29, 1.82) is 0 Å². The Hall–Kier alpha value is -1.14. The lowest BCUT2D eigenvalue weighted by atomic mass is 10.2. The molecule has 0 radical (unpaired) electrons. The number of hydrogen-bond donors (Lipinski definition) is 1. The Morgan fingerprint density at radius 1 is 1.50 bits per heavy atom. The lowest BCUT2D eigenvalue weighted by molar-refractivity contribution is -0.382. The molecule has 2 aromatic rings. The smallest absolute Gasteiger partial charge is 0.287 e. The molecular formula is C8H4BrNO3S. The zero-order valence-corrected chi connectivity index (χ0v) is 9.13. The minimum Gasteiger partial charge on any atom is -0.499 e. The number of nitrogens with zero attached hydrogens (tertiary/aromatic N) is 1. The second kappa shape index (κ2) is 3.21. The summed E-state index contributed by atoms with van der Waals surface area (Å²) in [5, 5.41) is 20.8. The van der Waals surface area contributed by atoms with Crippen LogP contribution < -0.4 is 0 Å². The molecule has 1 heterocycles. The highest BCUT2D eigenvalue weighted by Crippen LogP contribution is 2.44. The SMILES string of the molecule is O=[N+]([O-])c1cccc2c(Br)c(O)sc12. The summed E-state index contributed by atoms with van der Waals surface area (Å²) in [7, 11) is 0. The Balaban J connectivity index is 2.88. The molecule has 0 unspecified atom stereocenters. The summed E-state index contributed by atoms with van der Waals surface area (Å²) < 4.78 is 1.00. The first-order valence-corrected chi connectivity index (χ1v) is 5.26. The van der Waals surface area contributed by atoms with E-state index in [-0.39, 0.29) is 10.8 Å². The van der Waals surface area contributed by atoms with Crippen molar-refractivity contribution in [2.45, 2.75) is 0 Å². The van der Waals surface area contributed by atoms with Crippen LogP contribution in [0, 0.1) is 10.1 Å². The minimum atomic E-state index is -0.454. The van der Waals surface area contributed by atoms with E-state index < -0.39 is 4.92 Å². The molecule has 0 aliphatic carbocycles. The first-order valence-electron chi connectivity index (χ1n) is 3.65. The van der Waals surface area contributed by atoms with E-state index in [9.17, 15) is 15.2 Å². The van der Waals surface area contributed by atoms with Crippen molar-refractivity contribution < 1.29 is 10.0 Å². The number of halogens is 1. The lowest BCUT2D eigenvalue weighted by Crippen LogP contribution is -1.86. The molecule has 0 saturated heterocycles. The lowest BCUT2D eigenvalue weighted by Gasteiger charge is -1.92. The first-order chi connectivity index (χ1) is 6.61. The summed E-state index contributed by atoms with van der Waals surface area (Å²) in [6, 6.07) is 4.74. The van der Waals surface area contributed by atoms with Crippen molar-refractivity contribution in [3.05, 3.63) is 32.8 Å². The third-order valence-corrected chi connectivity index (χ3v) is 3.91. The molecule has 72 valence electrons. The highest BCUT2D eigenvalue weighted by atomic mass is 79.9. The van der Waals surface area contributed by atoms with Crippen LogP contribution in [0.25, 0.3) is 10.1 Å². The maximum absolute atomic E-state index is 10.7. The first kappa shape index (κ1) is 9.42. The quantitative estimate of drug-likeness (QED) is 0.641. The van der Waals surface area contributed by atoms with E-state index in [1.807, 2.05) is 0 Å². The second-order valence-electron chi connectivity index (χ2n) is 2.63. The van der Waals surface area contributed by atoms with Gasteiger partial charge in [-0.1, -0.05) is 23.5 Å². The normalized spacial score (nSPS) is 10.6. The van der Waals surface area contributed by atoms with E-state index in [0.717, 1.165) is 11.3 Å². The van der Waals surface area contributed by atoms with Gasteiger partial charge in [0.1, 0.15) is 4.70 Å². The zero-order chi connectivity index (χ0) is 10.3. The third kappa shape index (κ3) is 1.27. The molecule has 4 nitrogen and oxygen atoms in total. The summed E-state index contributed by atoms with van der Waals surface area (Å²) in [6.07, 6.45) is 0. The van der Waals surface area contributed by atoms with Gasteiger partial charge in [0.2, 0.25) is 0 Å². The molecule has 0 amide bonds. The van der Waals surface area contributed by atoms with Gasteiger partial charge in [0.05, 0.1) is 9.40 Å². The van der Waals surface area contributed by atoms with E-state index in [4.69, 9.17) is 0 Å². The van der Waals surface area contributed by atoms with Crippen LogP contribution in [0.15, 0.2) is 22.7 Å². The molecule has 6 heteroatoms. The van der Waals surface area contributed by atoms with Crippen molar-refractivity contribution in [3.63, 3.8) is 0 Å². The van der Waals surface area contributed by atoms with Crippen LogP contribution in [0.4, 0.5) is 5.69 Å². The van der Waals surface area contributed by atoms with Gasteiger partial charge in [-0.05, 0) is 15.9 Å². The van der Waals surface area contributed by atoms with Gasteiger partial charge in [-0.25, -0.2) is 0 Å². The van der Waals surface area contributed by atoms with Crippen LogP contribution >= 0.6 is 27.3 Å². The summed E-state index contributed by atoms with van der Waals surface area (Å²) in [5.41, 5.74) is 0.0218. The number of nitro benzene ring substituents is 1. The molecule has 0 atom stereocenters. The number of rotatable bonds is 1. The number of hydrogen-bond acceptors (Lipinski definition) is 4. The van der Waals surface area contributed by atoms with E-state index >= 15 is 0 Å². The Kier molecular flexibility index (Phi) is 2.16. The fraction of sp³-hybridized carbons (Fsp3) is 0. The Morgan fingerprint density at radius 2 is 2.21 bits per heavy atom. The van der Waals surface area contributed by atoms with E-state index in [1.54, 1.807) is 12.1 Å². The molecule has 0 aliphatic heterocycles. The maximum Gasteiger partial charge on any atom is 0.287 e. The number of fused-ring (bicyclic) bond motifs is 1. The van der Waals surface area contributed by atoms with Crippen LogP contribution in [-0.2, 0) is 0 Å². The highest BCUT2D eigenvalue weighted by Gasteiger charge is 2.17. The molecular weight excluding hydrogens is 270 g/mol. The molecule has 0 bridgehead atoms. The summed E-state index contributed by atoms with van der Waals surface area (Å²) in [5.74, 6) is 0. The van der Waals surface area contributed by atoms with Crippen LogP contribution in [0.2, 0.25) is 0 Å². The van der Waals surface area contributed by atoms with Crippen LogP contribution in [-0.4, -0.2) is 10.0 Å². The van der Waals surface area contributed by atoms with Crippen molar-refractivity contribution in [2.75, 3.05) is 0 Å². The van der Waals surface area contributed by atoms with Gasteiger partial charge in [-0.2, -0.15) is 0 Å². The fourth-order valence-corrected chi connectivity index (χ4v) is 2.83. The second-order valence-corrected chi connectivity index (χ2v) is 4.42. The molecule has 1 aromatic heterocycles. The largest absolute Gasteiger partial charge is 0.499 e. The summed E-state index contributed by atoms with van der Waals surface area (Å²) in [4.78, 5) is 10.2. The topological polar surface area (TPSA) is 63.4 Å². The maximum atomic E-state index is 10.7. The average Bonchev–Trinajstić information content (AvgIpc) is 2.43. The number of nitro groups is 1. The number of non-ortho nitro benzene ring substituents is 1. The van der Waals surface area contributed by atoms with Crippen molar-refractivity contribution in [2.24, 2.45) is 0 Å². The molecule has 0 fully saturated rings. The predicted molar refractivity (Wildman–Crippen MR) is 57.8 cm³/mol. The van der Waals surface area contributed by atoms with Gasteiger partial charge in [0.25, 0.3) is 5.69 Å². The minimum absolute atomic E-state index is 0.0218. The predicted octanol–water partition coefficient (Wildman–Crippen LogP) is 3.28. The van der Waals surface area contributed by atoms with Gasteiger partial charge in [-0.3, -0.25) is 10.1 Å². The Labute approximate surface area is 91.1 Å². The number of thiophene rings is 1. The molecule has 1 N–H and O–H groups in total. The summed E-state index contributed by atoms with van der Waals surface area (Å²) >= 11 is 4.17. The van der Waals surface area contributed by atoms with Gasteiger partial charge in [0, 0.05) is 11.5 Å². The molecule has 0 aliphatic rings. The van der Waals surface area contributed by atoms with E-state index in [0.29, 0.717) is 14.6 Å². The third-order valence-electron chi connectivity index (χ3n) is 1.81. The average molecular weight is 274 g/mol. The summed E-state index contributed by atoms with van der Waals surface area (Å²) in [6.45, 7) is 0. The monoisotopic (exact) mass is 273 g/mol. The van der Waals surface area contributed by atoms with Crippen LogP contribution in [0.3, 0.4) is 0 Å². The van der Waals surface area contributed by atoms with Crippen molar-refractivity contribution in [3.8, 4) is 5.06 Å². The zero-order valence-electron chi connectivity index (χ0n) is 6.73. The molecule has 14 heavy (non-hydrogen) atoms. The van der Waals surface area contributed by atoms with E-state index in [2.05, 4.69) is 15.9 Å². The van der Waals surface area contributed by atoms with Gasteiger partial charge >= 0.3 is 0 Å².